The summed E-state index contributed by atoms with van der Waals surface area (Å²) in [6.07, 6.45) is -0.684. The molecule has 0 fully saturated rings. The number of ether oxygens (including phenoxy) is 1. The van der Waals surface area contributed by atoms with E-state index in [1.54, 1.807) is 45.0 Å². The molecule has 0 aromatic heterocycles. The number of urea groups is 1. The third kappa shape index (κ3) is 4.45. The van der Waals surface area contributed by atoms with E-state index >= 15 is 0 Å². The summed E-state index contributed by atoms with van der Waals surface area (Å²) in [7, 11) is 1.37. The van der Waals surface area contributed by atoms with Gasteiger partial charge in [0.15, 0.2) is 0 Å². The Bertz CT molecular complexity index is 424. The number of hydrogen-bond donors (Lipinski definition) is 1. The summed E-state index contributed by atoms with van der Waals surface area (Å²) in [5, 5.41) is 2.59. The van der Waals surface area contributed by atoms with Crippen LogP contribution in [0.25, 0.3) is 0 Å². The maximum Gasteiger partial charge on any atom is 0.418 e. The molecule has 0 heterocycles. The smallest absolute Gasteiger partial charge is 0.418 e. The predicted octanol–water partition coefficient (Wildman–Crippen LogP) is 3.09. The number of amides is 3. The minimum atomic E-state index is -0.684. The molecular formula is C13H18N2O3. The van der Waals surface area contributed by atoms with E-state index in [0.717, 1.165) is 4.90 Å². The first kappa shape index (κ1) is 14.0. The minimum absolute atomic E-state index is 0.532. The molecular weight excluding hydrogens is 232 g/mol. The van der Waals surface area contributed by atoms with Crippen molar-refractivity contribution >= 4 is 17.8 Å². The fourth-order valence-electron chi connectivity index (χ4n) is 1.14. The van der Waals surface area contributed by atoms with Crippen molar-refractivity contribution < 1.29 is 14.3 Å². The fraction of sp³-hybridized carbons (Fsp3) is 0.385. The van der Waals surface area contributed by atoms with Gasteiger partial charge in [-0.15, -0.1) is 0 Å². The van der Waals surface area contributed by atoms with Crippen molar-refractivity contribution in [3.63, 3.8) is 0 Å². The van der Waals surface area contributed by atoms with Crippen molar-refractivity contribution in [1.82, 2.24) is 4.90 Å². The second-order valence-corrected chi connectivity index (χ2v) is 4.84. The molecule has 0 saturated carbocycles. The second-order valence-electron chi connectivity index (χ2n) is 4.84. The molecule has 1 rings (SSSR count). The molecule has 0 atom stereocenters. The van der Waals surface area contributed by atoms with Crippen molar-refractivity contribution in [2.75, 3.05) is 12.4 Å². The number of rotatable bonds is 1. The zero-order valence-electron chi connectivity index (χ0n) is 11.1. The second kappa shape index (κ2) is 5.53. The molecule has 0 bridgehead atoms. The van der Waals surface area contributed by atoms with E-state index in [0.29, 0.717) is 5.69 Å². The van der Waals surface area contributed by atoms with Gasteiger partial charge in [0.05, 0.1) is 0 Å². The summed E-state index contributed by atoms with van der Waals surface area (Å²) in [6.45, 7) is 5.23. The summed E-state index contributed by atoms with van der Waals surface area (Å²) in [5.41, 5.74) is -0.00355. The van der Waals surface area contributed by atoms with Gasteiger partial charge in [-0.2, -0.15) is 0 Å². The minimum Gasteiger partial charge on any atom is -0.443 e. The van der Waals surface area contributed by atoms with Gasteiger partial charge in [-0.1, -0.05) is 18.2 Å². The van der Waals surface area contributed by atoms with Crippen LogP contribution in [0.5, 0.6) is 0 Å². The molecule has 5 heteroatoms. The summed E-state index contributed by atoms with van der Waals surface area (Å²) in [5.74, 6) is 0. The van der Waals surface area contributed by atoms with Crippen LogP contribution in [-0.4, -0.2) is 29.7 Å². The van der Waals surface area contributed by atoms with Crippen molar-refractivity contribution in [3.05, 3.63) is 30.3 Å². The molecule has 3 amide bonds. The Labute approximate surface area is 107 Å². The Morgan fingerprint density at radius 1 is 1.17 bits per heavy atom. The molecule has 98 valence electrons. The third-order valence-corrected chi connectivity index (χ3v) is 2.00. The van der Waals surface area contributed by atoms with Crippen molar-refractivity contribution in [1.29, 1.82) is 0 Å². The summed E-state index contributed by atoms with van der Waals surface area (Å²) in [6, 6.07) is 8.37. The SMILES string of the molecule is CN(C(=O)Nc1ccccc1)C(=O)OC(C)(C)C. The maximum absolute atomic E-state index is 11.8. The van der Waals surface area contributed by atoms with Gasteiger partial charge in [0.25, 0.3) is 0 Å². The Hall–Kier alpha value is -2.04. The molecule has 0 aliphatic heterocycles. The zero-order chi connectivity index (χ0) is 13.8. The van der Waals surface area contributed by atoms with Crippen LogP contribution in [0, 0.1) is 0 Å². The monoisotopic (exact) mass is 250 g/mol. The van der Waals surface area contributed by atoms with Crippen LogP contribution >= 0.6 is 0 Å². The molecule has 0 radical (unpaired) electrons. The molecule has 0 aliphatic rings. The van der Waals surface area contributed by atoms with Crippen molar-refractivity contribution in [2.45, 2.75) is 26.4 Å². The number of hydrogen-bond acceptors (Lipinski definition) is 3. The Morgan fingerprint density at radius 3 is 2.22 bits per heavy atom. The topological polar surface area (TPSA) is 58.6 Å². The van der Waals surface area contributed by atoms with E-state index in [9.17, 15) is 9.59 Å². The lowest BCUT2D eigenvalue weighted by molar-refractivity contribution is 0.0369. The number of carbonyl (C=O) groups excluding carboxylic acids is 2. The van der Waals surface area contributed by atoms with E-state index in [-0.39, 0.29) is 0 Å². The largest absolute Gasteiger partial charge is 0.443 e. The molecule has 1 aromatic rings. The quantitative estimate of drug-likeness (QED) is 0.833. The van der Waals surface area contributed by atoms with Crippen LogP contribution in [0.2, 0.25) is 0 Å². The predicted molar refractivity (Wildman–Crippen MR) is 69.5 cm³/mol. The van der Waals surface area contributed by atoms with Crippen LogP contribution in [0.1, 0.15) is 20.8 Å². The van der Waals surface area contributed by atoms with Crippen molar-refractivity contribution in [2.24, 2.45) is 0 Å². The standard InChI is InChI=1S/C13H18N2O3/c1-13(2,3)18-12(17)15(4)11(16)14-10-8-6-5-7-9-10/h5-9H,1-4H3,(H,14,16). The van der Waals surface area contributed by atoms with E-state index in [2.05, 4.69) is 5.32 Å². The number of carbonyl (C=O) groups is 2. The molecule has 0 unspecified atom stereocenters. The van der Waals surface area contributed by atoms with E-state index in [1.165, 1.54) is 7.05 Å². The lowest BCUT2D eigenvalue weighted by atomic mass is 10.2. The molecule has 0 aliphatic carbocycles. The van der Waals surface area contributed by atoms with Crippen LogP contribution in [-0.2, 0) is 4.74 Å². The first-order chi connectivity index (χ1) is 8.29. The molecule has 5 nitrogen and oxygen atoms in total. The lowest BCUT2D eigenvalue weighted by Gasteiger charge is -2.23. The van der Waals surface area contributed by atoms with E-state index < -0.39 is 17.7 Å². The van der Waals surface area contributed by atoms with Gasteiger partial charge in [0.2, 0.25) is 0 Å². The maximum atomic E-state index is 11.8. The number of benzene rings is 1. The van der Waals surface area contributed by atoms with Gasteiger partial charge in [-0.3, -0.25) is 0 Å². The van der Waals surface area contributed by atoms with Crippen LogP contribution in [0.4, 0.5) is 15.3 Å². The van der Waals surface area contributed by atoms with Crippen LogP contribution in [0.15, 0.2) is 30.3 Å². The van der Waals surface area contributed by atoms with Gasteiger partial charge in [-0.05, 0) is 32.9 Å². The molecule has 0 saturated heterocycles. The lowest BCUT2D eigenvalue weighted by Crippen LogP contribution is -2.40. The molecule has 0 spiro atoms. The summed E-state index contributed by atoms with van der Waals surface area (Å²) in [4.78, 5) is 24.3. The van der Waals surface area contributed by atoms with Crippen molar-refractivity contribution in [3.8, 4) is 0 Å². The van der Waals surface area contributed by atoms with Gasteiger partial charge < -0.3 is 10.1 Å². The fourth-order valence-corrected chi connectivity index (χ4v) is 1.14. The summed E-state index contributed by atoms with van der Waals surface area (Å²) < 4.78 is 5.08. The highest BCUT2D eigenvalue weighted by Gasteiger charge is 2.23. The first-order valence-corrected chi connectivity index (χ1v) is 5.62. The Kier molecular flexibility index (Phi) is 4.31. The van der Waals surface area contributed by atoms with Gasteiger partial charge >= 0.3 is 12.1 Å². The zero-order valence-corrected chi connectivity index (χ0v) is 11.1. The Balaban J connectivity index is 2.59. The molecule has 18 heavy (non-hydrogen) atoms. The first-order valence-electron chi connectivity index (χ1n) is 5.62. The molecule has 1 N–H and O–H groups in total. The van der Waals surface area contributed by atoms with Crippen LogP contribution < -0.4 is 5.32 Å². The highest BCUT2D eigenvalue weighted by atomic mass is 16.6. The normalized spacial score (nSPS) is 10.7. The van der Waals surface area contributed by atoms with E-state index in [1.807, 2.05) is 6.07 Å². The number of nitrogens with zero attached hydrogens (tertiary/aromatic N) is 1. The average Bonchev–Trinajstić information content (AvgIpc) is 2.27. The number of imide groups is 1. The van der Waals surface area contributed by atoms with E-state index in [4.69, 9.17) is 4.74 Å². The average molecular weight is 250 g/mol. The van der Waals surface area contributed by atoms with Gasteiger partial charge in [0.1, 0.15) is 5.60 Å². The number of anilines is 1. The summed E-state index contributed by atoms with van der Waals surface area (Å²) >= 11 is 0. The van der Waals surface area contributed by atoms with Gasteiger partial charge in [0, 0.05) is 12.7 Å². The molecule has 1 aromatic carbocycles. The highest BCUT2D eigenvalue weighted by Crippen LogP contribution is 2.11. The number of para-hydroxylation sites is 1. The number of nitrogens with one attached hydrogen (secondary N) is 1. The third-order valence-electron chi connectivity index (χ3n) is 2.00. The Morgan fingerprint density at radius 2 is 1.72 bits per heavy atom. The van der Waals surface area contributed by atoms with Crippen LogP contribution in [0.3, 0.4) is 0 Å². The highest BCUT2D eigenvalue weighted by molar-refractivity contribution is 5.98. The van der Waals surface area contributed by atoms with Gasteiger partial charge in [-0.25, -0.2) is 14.5 Å².